The molecule has 0 rings (SSSR count). The van der Waals surface area contributed by atoms with E-state index in [1.165, 1.54) is 83.5 Å². The van der Waals surface area contributed by atoms with Gasteiger partial charge in [-0.15, -0.1) is 0 Å². The van der Waals surface area contributed by atoms with Crippen molar-refractivity contribution in [3.63, 3.8) is 0 Å². The molecule has 4 nitrogen and oxygen atoms in total. The van der Waals surface area contributed by atoms with Crippen molar-refractivity contribution in [2.75, 3.05) is 13.2 Å². The van der Waals surface area contributed by atoms with E-state index in [1.54, 1.807) is 0 Å². The highest BCUT2D eigenvalue weighted by Gasteiger charge is 2.75. The van der Waals surface area contributed by atoms with E-state index < -0.39 is 42.7 Å². The summed E-state index contributed by atoms with van der Waals surface area (Å²) in [5.41, 5.74) is 0. The molecular weight excluding hydrogens is 564 g/mol. The fourth-order valence-corrected chi connectivity index (χ4v) is 4.04. The predicted octanol–water partition coefficient (Wildman–Crippen LogP) is 9.84. The Hall–Kier alpha value is -1.88. The Morgan fingerprint density at radius 3 is 1.29 bits per heavy atom. The Morgan fingerprint density at radius 1 is 0.585 bits per heavy atom. The van der Waals surface area contributed by atoms with E-state index in [4.69, 9.17) is 4.74 Å². The lowest BCUT2D eigenvalue weighted by molar-refractivity contribution is -0.344. The van der Waals surface area contributed by atoms with Crippen LogP contribution in [0.25, 0.3) is 0 Å². The number of carbonyl (C=O) groups is 2. The van der Waals surface area contributed by atoms with E-state index >= 15 is 0 Å². The molecule has 0 atom stereocenters. The van der Waals surface area contributed by atoms with Crippen molar-refractivity contribution in [1.29, 1.82) is 0 Å². The fraction of sp³-hybridized carbons (Fsp3) is 0.862. The standard InChI is InChI=1S/C29H46F8O4/c1-2-3-4-5-6-7-8-9-10-11-12-13-14-15-16-17-18-19-22-40-24(38)20-21-25(39)41-23-27(32,33)29(36,37)28(34,35)26(30)31/h20-21,26H,2-19,22-23H2,1H3/b21-20+. The molecule has 0 unspecified atom stereocenters. The van der Waals surface area contributed by atoms with Gasteiger partial charge in [0.25, 0.3) is 0 Å². The van der Waals surface area contributed by atoms with Crippen molar-refractivity contribution in [2.24, 2.45) is 0 Å². The van der Waals surface area contributed by atoms with Crippen molar-refractivity contribution >= 4 is 11.9 Å². The summed E-state index contributed by atoms with van der Waals surface area (Å²) in [7, 11) is 0. The Kier molecular flexibility index (Phi) is 20.8. The molecule has 0 saturated heterocycles. The summed E-state index contributed by atoms with van der Waals surface area (Å²) >= 11 is 0. The minimum atomic E-state index is -6.48. The molecule has 0 fully saturated rings. The first kappa shape index (κ1) is 39.1. The number of alkyl halides is 8. The third-order valence-electron chi connectivity index (χ3n) is 6.65. The second kappa shape index (κ2) is 21.8. The first-order valence-electron chi connectivity index (χ1n) is 14.7. The average molecular weight is 611 g/mol. The van der Waals surface area contributed by atoms with Crippen LogP contribution in [0.15, 0.2) is 12.2 Å². The number of esters is 2. The third-order valence-corrected chi connectivity index (χ3v) is 6.65. The van der Waals surface area contributed by atoms with Crippen LogP contribution in [-0.2, 0) is 19.1 Å². The maximum Gasteiger partial charge on any atom is 0.381 e. The highest BCUT2D eigenvalue weighted by molar-refractivity contribution is 5.91. The van der Waals surface area contributed by atoms with Crippen molar-refractivity contribution in [1.82, 2.24) is 0 Å². The third kappa shape index (κ3) is 17.0. The van der Waals surface area contributed by atoms with Gasteiger partial charge in [0, 0.05) is 12.2 Å². The summed E-state index contributed by atoms with van der Waals surface area (Å²) in [6, 6.07) is 0. The summed E-state index contributed by atoms with van der Waals surface area (Å²) in [6.07, 6.45) is 17.2. The number of ether oxygens (including phenoxy) is 2. The lowest BCUT2D eigenvalue weighted by atomic mass is 10.0. The highest BCUT2D eigenvalue weighted by Crippen LogP contribution is 2.48. The van der Waals surface area contributed by atoms with Crippen molar-refractivity contribution < 1.29 is 54.2 Å². The first-order valence-corrected chi connectivity index (χ1v) is 14.7. The van der Waals surface area contributed by atoms with Crippen molar-refractivity contribution in [2.45, 2.75) is 147 Å². The molecule has 0 N–H and O–H groups in total. The second-order valence-corrected chi connectivity index (χ2v) is 10.3. The molecule has 41 heavy (non-hydrogen) atoms. The molecule has 0 aromatic heterocycles. The zero-order valence-corrected chi connectivity index (χ0v) is 24.0. The summed E-state index contributed by atoms with van der Waals surface area (Å²) in [4.78, 5) is 22.9. The minimum Gasteiger partial charge on any atom is -0.463 e. The summed E-state index contributed by atoms with van der Waals surface area (Å²) in [5, 5.41) is 0. The molecule has 0 aromatic rings. The van der Waals surface area contributed by atoms with Gasteiger partial charge in [0.05, 0.1) is 6.61 Å². The number of halogens is 8. The van der Waals surface area contributed by atoms with E-state index in [9.17, 15) is 44.7 Å². The summed E-state index contributed by atoms with van der Waals surface area (Å²) in [5.74, 6) is -21.4. The fourth-order valence-electron chi connectivity index (χ4n) is 4.04. The quantitative estimate of drug-likeness (QED) is 0.0423. The van der Waals surface area contributed by atoms with Crippen LogP contribution in [0.2, 0.25) is 0 Å². The first-order chi connectivity index (χ1) is 19.3. The zero-order chi connectivity index (χ0) is 31.2. The van der Waals surface area contributed by atoms with Crippen LogP contribution in [0.4, 0.5) is 35.1 Å². The number of hydrogen-bond acceptors (Lipinski definition) is 4. The number of rotatable bonds is 26. The molecule has 242 valence electrons. The molecule has 0 amide bonds. The maximum atomic E-state index is 13.3. The molecular formula is C29H46F8O4. The van der Waals surface area contributed by atoms with Gasteiger partial charge in [0.15, 0.2) is 6.61 Å². The lowest BCUT2D eigenvalue weighted by Gasteiger charge is -2.31. The van der Waals surface area contributed by atoms with Gasteiger partial charge in [0.2, 0.25) is 0 Å². The Bertz CT molecular complexity index is 730. The van der Waals surface area contributed by atoms with Crippen LogP contribution in [0.3, 0.4) is 0 Å². The van der Waals surface area contributed by atoms with E-state index in [0.717, 1.165) is 25.7 Å². The Labute approximate surface area is 238 Å². The van der Waals surface area contributed by atoms with Gasteiger partial charge < -0.3 is 9.47 Å². The van der Waals surface area contributed by atoms with Gasteiger partial charge in [-0.25, -0.2) is 18.4 Å². The summed E-state index contributed by atoms with van der Waals surface area (Å²) in [6.45, 7) is -0.337. The van der Waals surface area contributed by atoms with E-state index in [2.05, 4.69) is 11.7 Å². The molecule has 0 radical (unpaired) electrons. The molecule has 12 heteroatoms. The SMILES string of the molecule is CCCCCCCCCCCCCCCCCCCCOC(=O)/C=C/C(=O)OCC(F)(F)C(F)(F)C(F)(F)C(F)F. The maximum absolute atomic E-state index is 13.3. The average Bonchev–Trinajstić information content (AvgIpc) is 2.91. The molecule has 0 saturated carbocycles. The molecule has 0 aromatic carbocycles. The highest BCUT2D eigenvalue weighted by atomic mass is 19.4. The minimum absolute atomic E-state index is 0.0317. The Balaban J connectivity index is 3.77. The predicted molar refractivity (Wildman–Crippen MR) is 141 cm³/mol. The van der Waals surface area contributed by atoms with Gasteiger partial charge in [-0.3, -0.25) is 0 Å². The van der Waals surface area contributed by atoms with Crippen LogP contribution in [0, 0.1) is 0 Å². The second-order valence-electron chi connectivity index (χ2n) is 10.3. The molecule has 0 spiro atoms. The smallest absolute Gasteiger partial charge is 0.381 e. The van der Waals surface area contributed by atoms with Gasteiger partial charge in [-0.2, -0.15) is 26.3 Å². The lowest BCUT2D eigenvalue weighted by Crippen LogP contribution is -2.59. The topological polar surface area (TPSA) is 52.6 Å². The van der Waals surface area contributed by atoms with E-state index in [0.29, 0.717) is 12.5 Å². The van der Waals surface area contributed by atoms with Crippen molar-refractivity contribution in [3.8, 4) is 0 Å². The normalized spacial score (nSPS) is 12.8. The number of carbonyl (C=O) groups excluding carboxylic acids is 2. The van der Waals surface area contributed by atoms with Crippen LogP contribution < -0.4 is 0 Å². The molecule has 0 aliphatic heterocycles. The van der Waals surface area contributed by atoms with Gasteiger partial charge in [-0.05, 0) is 6.42 Å². The van der Waals surface area contributed by atoms with Crippen LogP contribution in [-0.4, -0.2) is 49.3 Å². The molecule has 0 aliphatic carbocycles. The number of hydrogen-bond donors (Lipinski definition) is 0. The molecule has 0 bridgehead atoms. The van der Waals surface area contributed by atoms with Crippen LogP contribution in [0.1, 0.15) is 122 Å². The van der Waals surface area contributed by atoms with Crippen LogP contribution in [0.5, 0.6) is 0 Å². The van der Waals surface area contributed by atoms with E-state index in [-0.39, 0.29) is 12.7 Å². The van der Waals surface area contributed by atoms with E-state index in [1.807, 2.05) is 0 Å². The van der Waals surface area contributed by atoms with Crippen molar-refractivity contribution in [3.05, 3.63) is 12.2 Å². The monoisotopic (exact) mass is 610 g/mol. The van der Waals surface area contributed by atoms with Gasteiger partial charge >= 0.3 is 36.1 Å². The van der Waals surface area contributed by atoms with Gasteiger partial charge in [0.1, 0.15) is 0 Å². The molecule has 0 aliphatic rings. The summed E-state index contributed by atoms with van der Waals surface area (Å²) < 4.78 is 111. The molecule has 0 heterocycles. The largest absolute Gasteiger partial charge is 0.463 e. The van der Waals surface area contributed by atoms with Gasteiger partial charge in [-0.1, -0.05) is 116 Å². The van der Waals surface area contributed by atoms with Crippen LogP contribution >= 0.6 is 0 Å². The Morgan fingerprint density at radius 2 is 0.927 bits per heavy atom. The zero-order valence-electron chi connectivity index (χ0n) is 24.0. The number of unbranched alkanes of at least 4 members (excludes halogenated alkanes) is 17.